The van der Waals surface area contributed by atoms with Crippen molar-refractivity contribution in [3.63, 3.8) is 0 Å². The van der Waals surface area contributed by atoms with Gasteiger partial charge in [0, 0.05) is 37.1 Å². The molecule has 2 fully saturated rings. The van der Waals surface area contributed by atoms with Crippen LogP contribution in [0.3, 0.4) is 0 Å². The number of hydrogen-bond acceptors (Lipinski definition) is 3. The van der Waals surface area contributed by atoms with Gasteiger partial charge in [-0.15, -0.1) is 11.3 Å². The summed E-state index contributed by atoms with van der Waals surface area (Å²) in [5.41, 5.74) is 0. The van der Waals surface area contributed by atoms with Crippen LogP contribution in [0.5, 0.6) is 0 Å². The Morgan fingerprint density at radius 2 is 2.35 bits per heavy atom. The molecule has 2 unspecified atom stereocenters. The topological polar surface area (TPSA) is 15.3 Å². The molecule has 1 aliphatic heterocycles. The molecule has 0 spiro atoms. The van der Waals surface area contributed by atoms with Crippen LogP contribution in [-0.4, -0.2) is 37.1 Å². The lowest BCUT2D eigenvalue weighted by molar-refractivity contribution is 0.214. The molecule has 1 saturated carbocycles. The van der Waals surface area contributed by atoms with Crippen LogP contribution in [0.25, 0.3) is 0 Å². The maximum atomic E-state index is 3.58. The molecule has 2 aliphatic rings. The predicted octanol–water partition coefficient (Wildman–Crippen LogP) is 2.36. The predicted molar refractivity (Wildman–Crippen MR) is 73.6 cm³/mol. The van der Waals surface area contributed by atoms with Gasteiger partial charge >= 0.3 is 0 Å². The third kappa shape index (κ3) is 2.90. The molecule has 1 N–H and O–H groups in total. The van der Waals surface area contributed by atoms with Crippen LogP contribution in [0.4, 0.5) is 0 Å². The lowest BCUT2D eigenvalue weighted by Crippen LogP contribution is -2.37. The van der Waals surface area contributed by atoms with E-state index in [1.54, 1.807) is 0 Å². The van der Waals surface area contributed by atoms with E-state index in [4.69, 9.17) is 0 Å². The molecule has 1 saturated heterocycles. The average molecular weight is 250 g/mol. The number of likely N-dealkylation sites (tertiary alicyclic amines) is 1. The van der Waals surface area contributed by atoms with Crippen molar-refractivity contribution < 1.29 is 0 Å². The van der Waals surface area contributed by atoms with Gasteiger partial charge in [-0.1, -0.05) is 6.07 Å². The SMILES string of the molecule is c1csc(CCNCCN2CC3CCC2C3)c1. The van der Waals surface area contributed by atoms with Gasteiger partial charge < -0.3 is 5.32 Å². The van der Waals surface area contributed by atoms with E-state index < -0.39 is 0 Å². The Morgan fingerprint density at radius 1 is 1.35 bits per heavy atom. The van der Waals surface area contributed by atoms with Crippen LogP contribution in [0.2, 0.25) is 0 Å². The van der Waals surface area contributed by atoms with Crippen LogP contribution >= 0.6 is 11.3 Å². The van der Waals surface area contributed by atoms with Gasteiger partial charge in [-0.05, 0) is 43.0 Å². The van der Waals surface area contributed by atoms with Gasteiger partial charge in [0.1, 0.15) is 0 Å². The molecule has 2 heterocycles. The van der Waals surface area contributed by atoms with E-state index >= 15 is 0 Å². The molecule has 0 amide bonds. The quantitative estimate of drug-likeness (QED) is 0.780. The summed E-state index contributed by atoms with van der Waals surface area (Å²) in [5, 5.41) is 5.74. The largest absolute Gasteiger partial charge is 0.315 e. The summed E-state index contributed by atoms with van der Waals surface area (Å²) in [6.07, 6.45) is 5.62. The number of rotatable bonds is 6. The lowest BCUT2D eigenvalue weighted by Gasteiger charge is -2.26. The Morgan fingerprint density at radius 3 is 3.06 bits per heavy atom. The monoisotopic (exact) mass is 250 g/mol. The molecule has 1 aromatic heterocycles. The smallest absolute Gasteiger partial charge is 0.0110 e. The zero-order valence-corrected chi connectivity index (χ0v) is 11.2. The van der Waals surface area contributed by atoms with Crippen molar-refractivity contribution in [2.24, 2.45) is 5.92 Å². The fraction of sp³-hybridized carbons (Fsp3) is 0.714. The van der Waals surface area contributed by atoms with Crippen LogP contribution in [-0.2, 0) is 6.42 Å². The molecule has 2 nitrogen and oxygen atoms in total. The molecule has 17 heavy (non-hydrogen) atoms. The van der Waals surface area contributed by atoms with Crippen molar-refractivity contribution in [3.05, 3.63) is 22.4 Å². The number of piperidine rings is 1. The molecule has 2 atom stereocenters. The number of nitrogens with zero attached hydrogens (tertiary/aromatic N) is 1. The Labute approximate surface area is 108 Å². The standard InChI is InChI=1S/C14H22N2S/c1-2-14(17-9-1)5-6-15-7-8-16-11-12-3-4-13(16)10-12/h1-2,9,12-13,15H,3-8,10-11H2. The van der Waals surface area contributed by atoms with Crippen LogP contribution in [0, 0.1) is 5.92 Å². The summed E-state index contributed by atoms with van der Waals surface area (Å²) in [7, 11) is 0. The van der Waals surface area contributed by atoms with E-state index in [1.807, 2.05) is 11.3 Å². The maximum Gasteiger partial charge on any atom is 0.0110 e. The highest BCUT2D eigenvalue weighted by Crippen LogP contribution is 2.36. The second-order valence-corrected chi connectivity index (χ2v) is 6.44. The molecule has 3 rings (SSSR count). The van der Waals surface area contributed by atoms with Crippen molar-refractivity contribution in [2.75, 3.05) is 26.2 Å². The summed E-state index contributed by atoms with van der Waals surface area (Å²) in [4.78, 5) is 4.20. The maximum absolute atomic E-state index is 3.58. The van der Waals surface area contributed by atoms with E-state index in [0.717, 1.165) is 25.0 Å². The summed E-state index contributed by atoms with van der Waals surface area (Å²) in [6, 6.07) is 5.30. The van der Waals surface area contributed by atoms with Gasteiger partial charge in [0.2, 0.25) is 0 Å². The Hall–Kier alpha value is -0.380. The number of hydrogen-bond donors (Lipinski definition) is 1. The third-order valence-electron chi connectivity index (χ3n) is 4.23. The van der Waals surface area contributed by atoms with Crippen LogP contribution < -0.4 is 5.32 Å². The second-order valence-electron chi connectivity index (χ2n) is 5.41. The Bertz CT molecular complexity index is 336. The lowest BCUT2D eigenvalue weighted by atomic mass is 10.1. The molecule has 0 aromatic carbocycles. The molecule has 94 valence electrons. The molecule has 1 aromatic rings. The molecular weight excluding hydrogens is 228 g/mol. The fourth-order valence-electron chi connectivity index (χ4n) is 3.31. The van der Waals surface area contributed by atoms with Crippen molar-refractivity contribution in [1.29, 1.82) is 0 Å². The minimum atomic E-state index is 0.930. The Kier molecular flexibility index (Phi) is 3.79. The fourth-order valence-corrected chi connectivity index (χ4v) is 4.02. The van der Waals surface area contributed by atoms with Crippen molar-refractivity contribution in [3.8, 4) is 0 Å². The minimum absolute atomic E-state index is 0.930. The Balaban J connectivity index is 1.28. The van der Waals surface area contributed by atoms with Gasteiger partial charge in [0.25, 0.3) is 0 Å². The summed E-state index contributed by atoms with van der Waals surface area (Å²) in [5.74, 6) is 1.03. The highest BCUT2D eigenvalue weighted by Gasteiger charge is 2.36. The van der Waals surface area contributed by atoms with E-state index in [9.17, 15) is 0 Å². The summed E-state index contributed by atoms with van der Waals surface area (Å²) >= 11 is 1.87. The van der Waals surface area contributed by atoms with E-state index in [1.165, 1.54) is 43.6 Å². The summed E-state index contributed by atoms with van der Waals surface area (Å²) < 4.78 is 0. The van der Waals surface area contributed by atoms with Crippen molar-refractivity contribution in [1.82, 2.24) is 10.2 Å². The number of nitrogens with one attached hydrogen (secondary N) is 1. The van der Waals surface area contributed by atoms with Gasteiger partial charge in [-0.2, -0.15) is 0 Å². The van der Waals surface area contributed by atoms with Gasteiger partial charge in [-0.3, -0.25) is 4.90 Å². The first kappa shape index (κ1) is 11.7. The minimum Gasteiger partial charge on any atom is -0.315 e. The first-order valence-corrected chi connectivity index (χ1v) is 7.77. The normalized spacial score (nSPS) is 28.0. The third-order valence-corrected chi connectivity index (χ3v) is 5.16. The number of thiophene rings is 1. The average Bonchev–Trinajstić information content (AvgIpc) is 3.05. The van der Waals surface area contributed by atoms with Crippen LogP contribution in [0.15, 0.2) is 17.5 Å². The second kappa shape index (κ2) is 5.51. The molecular formula is C14H22N2S. The zero-order valence-electron chi connectivity index (χ0n) is 10.4. The van der Waals surface area contributed by atoms with Crippen LogP contribution in [0.1, 0.15) is 24.1 Å². The first-order valence-electron chi connectivity index (χ1n) is 6.89. The van der Waals surface area contributed by atoms with E-state index in [2.05, 4.69) is 27.7 Å². The highest BCUT2D eigenvalue weighted by atomic mass is 32.1. The van der Waals surface area contributed by atoms with E-state index in [0.29, 0.717) is 0 Å². The molecule has 0 radical (unpaired) electrons. The molecule has 3 heteroatoms. The summed E-state index contributed by atoms with van der Waals surface area (Å²) in [6.45, 7) is 4.92. The van der Waals surface area contributed by atoms with E-state index in [-0.39, 0.29) is 0 Å². The van der Waals surface area contributed by atoms with Gasteiger partial charge in [0.05, 0.1) is 0 Å². The molecule has 1 aliphatic carbocycles. The van der Waals surface area contributed by atoms with Gasteiger partial charge in [-0.25, -0.2) is 0 Å². The molecule has 2 bridgehead atoms. The van der Waals surface area contributed by atoms with Crippen molar-refractivity contribution in [2.45, 2.75) is 31.7 Å². The zero-order chi connectivity index (χ0) is 11.5. The van der Waals surface area contributed by atoms with Crippen molar-refractivity contribution >= 4 is 11.3 Å². The first-order chi connectivity index (χ1) is 8.42. The number of fused-ring (bicyclic) bond motifs is 2. The highest BCUT2D eigenvalue weighted by molar-refractivity contribution is 7.09. The van der Waals surface area contributed by atoms with Gasteiger partial charge in [0.15, 0.2) is 0 Å².